The Bertz CT molecular complexity index is 253. The van der Waals surface area contributed by atoms with Crippen LogP contribution >= 0.6 is 39.1 Å². The fourth-order valence-corrected chi connectivity index (χ4v) is 0.811. The van der Waals surface area contributed by atoms with Crippen LogP contribution in [0.15, 0.2) is 33.3 Å². The van der Waals surface area contributed by atoms with Crippen LogP contribution in [0.5, 0.6) is 0 Å². The first-order valence-electron chi connectivity index (χ1n) is 2.93. The van der Waals surface area contributed by atoms with Crippen molar-refractivity contribution in [3.63, 3.8) is 0 Å². The smallest absolute Gasteiger partial charge is 0.166 e. The van der Waals surface area contributed by atoms with Crippen LogP contribution in [0, 0.1) is 0 Å². The molecule has 0 aliphatic carbocycles. The maximum absolute atomic E-state index is 12.0. The highest BCUT2D eigenvalue weighted by atomic mass is 79.9. The molecule has 0 aromatic carbocycles. The van der Waals surface area contributed by atoms with Crippen LogP contribution in [0.2, 0.25) is 0 Å². The van der Waals surface area contributed by atoms with Crippen molar-refractivity contribution < 1.29 is 13.2 Å². The maximum Gasteiger partial charge on any atom is 0.417 e. The molecule has 0 aliphatic rings. The van der Waals surface area contributed by atoms with Gasteiger partial charge in [0.05, 0.1) is 5.57 Å². The molecule has 0 radical (unpaired) electrons. The Kier molecular flexibility index (Phi) is 5.76. The molecule has 0 heterocycles. The highest BCUT2D eigenvalue weighted by molar-refractivity contribution is 9.11. The zero-order valence-electron chi connectivity index (χ0n) is 6.08. The van der Waals surface area contributed by atoms with Crippen molar-refractivity contribution in [3.05, 3.63) is 33.3 Å². The SMILES string of the molecule is FC(F)(F)C(/C=C\C(Cl)=C\Br)=C\Cl. The van der Waals surface area contributed by atoms with Crippen LogP contribution in [0.3, 0.4) is 0 Å². The van der Waals surface area contributed by atoms with Gasteiger partial charge in [-0.3, -0.25) is 0 Å². The summed E-state index contributed by atoms with van der Waals surface area (Å²) in [5.41, 5.74) is -0.504. The van der Waals surface area contributed by atoms with Crippen molar-refractivity contribution >= 4 is 39.1 Å². The molecule has 0 fully saturated rings. The molecule has 0 atom stereocenters. The minimum absolute atomic E-state index is 0.139. The molecule has 0 saturated carbocycles. The molecule has 0 aromatic rings. The molecule has 0 amide bonds. The number of alkyl halides is 3. The summed E-state index contributed by atoms with van der Waals surface area (Å²) >= 11 is 13.2. The Hall–Kier alpha value is 0.0700. The van der Waals surface area contributed by atoms with Crippen molar-refractivity contribution in [3.8, 4) is 0 Å². The summed E-state index contributed by atoms with van der Waals surface area (Å²) in [5, 5.41) is 0.139. The second-order valence-electron chi connectivity index (χ2n) is 1.89. The van der Waals surface area contributed by atoms with Crippen LogP contribution < -0.4 is 0 Å². The molecule has 6 heteroatoms. The Morgan fingerprint density at radius 1 is 1.23 bits per heavy atom. The predicted molar refractivity (Wildman–Crippen MR) is 52.0 cm³/mol. The third-order valence-electron chi connectivity index (χ3n) is 0.971. The molecule has 0 aliphatic heterocycles. The first kappa shape index (κ1) is 13.1. The number of halogens is 6. The van der Waals surface area contributed by atoms with Crippen LogP contribution in [0.25, 0.3) is 0 Å². The lowest BCUT2D eigenvalue weighted by Crippen LogP contribution is -2.09. The van der Waals surface area contributed by atoms with Gasteiger partial charge < -0.3 is 0 Å². The van der Waals surface area contributed by atoms with Gasteiger partial charge in [0.25, 0.3) is 0 Å². The van der Waals surface area contributed by atoms with Crippen LogP contribution in [0.1, 0.15) is 0 Å². The summed E-state index contributed by atoms with van der Waals surface area (Å²) in [7, 11) is 0. The Morgan fingerprint density at radius 2 is 1.77 bits per heavy atom. The molecule has 0 unspecified atom stereocenters. The molecule has 0 saturated heterocycles. The lowest BCUT2D eigenvalue weighted by molar-refractivity contribution is -0.0880. The lowest BCUT2D eigenvalue weighted by atomic mass is 10.2. The van der Waals surface area contributed by atoms with E-state index < -0.39 is 11.7 Å². The normalized spacial score (nSPS) is 15.5. The van der Waals surface area contributed by atoms with Crippen LogP contribution in [-0.4, -0.2) is 6.18 Å². The summed E-state index contributed by atoms with van der Waals surface area (Å²) in [5.74, 6) is 0. The third-order valence-corrected chi connectivity index (χ3v) is 2.20. The number of hydrogen-bond acceptors (Lipinski definition) is 0. The van der Waals surface area contributed by atoms with Crippen molar-refractivity contribution in [1.82, 2.24) is 0 Å². The Labute approximate surface area is 91.8 Å². The summed E-state index contributed by atoms with van der Waals surface area (Å²) in [4.78, 5) is 1.29. The third kappa shape index (κ3) is 5.39. The van der Waals surface area contributed by atoms with E-state index in [0.29, 0.717) is 5.54 Å². The standard InChI is InChI=1S/C7H4BrCl2F3/c8-3-6(10)2-1-5(4-9)7(11,12)13/h1-4H/b2-1-,5-4-,6-3-. The monoisotopic (exact) mass is 294 g/mol. The zero-order valence-corrected chi connectivity index (χ0v) is 9.18. The predicted octanol–water partition coefficient (Wildman–Crippen LogP) is 4.70. The quantitative estimate of drug-likeness (QED) is 0.648. The second-order valence-corrected chi connectivity index (χ2v) is 3.00. The molecule has 13 heavy (non-hydrogen) atoms. The number of rotatable bonds is 2. The molecular weight excluding hydrogens is 292 g/mol. The molecule has 74 valence electrons. The van der Waals surface area contributed by atoms with Gasteiger partial charge in [0.2, 0.25) is 0 Å². The molecule has 0 nitrogen and oxygen atoms in total. The van der Waals surface area contributed by atoms with Crippen molar-refractivity contribution in [2.75, 3.05) is 0 Å². The van der Waals surface area contributed by atoms with Gasteiger partial charge in [-0.05, 0) is 17.1 Å². The average molecular weight is 296 g/mol. The molecule has 0 spiro atoms. The summed E-state index contributed by atoms with van der Waals surface area (Å²) in [6.45, 7) is 0. The first-order chi connectivity index (χ1) is 5.91. The average Bonchev–Trinajstić information content (AvgIpc) is 2.02. The Morgan fingerprint density at radius 3 is 2.08 bits per heavy atom. The fraction of sp³-hybridized carbons (Fsp3) is 0.143. The van der Waals surface area contributed by atoms with E-state index in [1.165, 1.54) is 4.99 Å². The van der Waals surface area contributed by atoms with Crippen molar-refractivity contribution in [1.29, 1.82) is 0 Å². The second kappa shape index (κ2) is 5.73. The van der Waals surface area contributed by atoms with E-state index in [4.69, 9.17) is 23.2 Å². The maximum atomic E-state index is 12.0. The van der Waals surface area contributed by atoms with E-state index in [2.05, 4.69) is 15.9 Å². The van der Waals surface area contributed by atoms with Crippen molar-refractivity contribution in [2.24, 2.45) is 0 Å². The van der Waals surface area contributed by atoms with E-state index in [9.17, 15) is 13.2 Å². The van der Waals surface area contributed by atoms with Gasteiger partial charge in [-0.2, -0.15) is 13.2 Å². The van der Waals surface area contributed by atoms with Crippen molar-refractivity contribution in [2.45, 2.75) is 6.18 Å². The largest absolute Gasteiger partial charge is 0.417 e. The van der Waals surface area contributed by atoms with Gasteiger partial charge in [-0.15, -0.1) is 0 Å². The molecule has 0 aromatic heterocycles. The van der Waals surface area contributed by atoms with E-state index >= 15 is 0 Å². The summed E-state index contributed by atoms with van der Waals surface area (Å²) in [6.07, 6.45) is -2.59. The first-order valence-corrected chi connectivity index (χ1v) is 4.66. The lowest BCUT2D eigenvalue weighted by Gasteiger charge is -2.04. The fourth-order valence-electron chi connectivity index (χ4n) is 0.398. The van der Waals surface area contributed by atoms with Gasteiger partial charge >= 0.3 is 6.18 Å². The topological polar surface area (TPSA) is 0 Å². The number of hydrogen-bond donors (Lipinski definition) is 0. The molecule has 0 bridgehead atoms. The minimum Gasteiger partial charge on any atom is -0.166 e. The van der Waals surface area contributed by atoms with Crippen LogP contribution in [0.4, 0.5) is 13.2 Å². The summed E-state index contributed by atoms with van der Waals surface area (Å²) in [6, 6.07) is 0. The van der Waals surface area contributed by atoms with E-state index in [0.717, 1.165) is 12.2 Å². The van der Waals surface area contributed by atoms with Gasteiger partial charge in [0, 0.05) is 10.6 Å². The van der Waals surface area contributed by atoms with Gasteiger partial charge in [0.1, 0.15) is 0 Å². The Balaban J connectivity index is 4.60. The van der Waals surface area contributed by atoms with E-state index in [-0.39, 0.29) is 5.03 Å². The minimum atomic E-state index is -4.46. The summed E-state index contributed by atoms with van der Waals surface area (Å²) < 4.78 is 36.0. The van der Waals surface area contributed by atoms with E-state index in [1.807, 2.05) is 0 Å². The molecular formula is C7H4BrCl2F3. The van der Waals surface area contributed by atoms with E-state index in [1.54, 1.807) is 0 Å². The molecule has 0 rings (SSSR count). The van der Waals surface area contributed by atoms with Crippen LogP contribution in [-0.2, 0) is 0 Å². The zero-order chi connectivity index (χ0) is 10.5. The van der Waals surface area contributed by atoms with Gasteiger partial charge in [-0.1, -0.05) is 39.1 Å². The van der Waals surface area contributed by atoms with Gasteiger partial charge in [-0.25, -0.2) is 0 Å². The molecule has 0 N–H and O–H groups in total. The highest BCUT2D eigenvalue weighted by Gasteiger charge is 2.31. The number of allylic oxidation sites excluding steroid dienone is 4. The van der Waals surface area contributed by atoms with Gasteiger partial charge in [0.15, 0.2) is 0 Å². The highest BCUT2D eigenvalue weighted by Crippen LogP contribution is 2.27.